The highest BCUT2D eigenvalue weighted by atomic mass is 16.0. The first-order valence-electron chi connectivity index (χ1n) is 5.88. The van der Waals surface area contributed by atoms with Crippen LogP contribution >= 0.6 is 0 Å². The third kappa shape index (κ3) is 6.47. The molecule has 0 amide bonds. The van der Waals surface area contributed by atoms with E-state index in [4.69, 9.17) is 0 Å². The van der Waals surface area contributed by atoms with Crippen molar-refractivity contribution in [1.82, 2.24) is 0 Å². The summed E-state index contributed by atoms with van der Waals surface area (Å²) in [6.07, 6.45) is 12.8. The first-order valence-corrected chi connectivity index (χ1v) is 5.88. The van der Waals surface area contributed by atoms with Crippen molar-refractivity contribution in [2.75, 3.05) is 13.1 Å². The third-order valence-corrected chi connectivity index (χ3v) is 2.46. The van der Waals surface area contributed by atoms with Gasteiger partial charge >= 0.3 is 0 Å². The fourth-order valence-electron chi connectivity index (χ4n) is 1.92. The molecule has 0 saturated carbocycles. The maximum absolute atomic E-state index is 2.32. The largest absolute Gasteiger partial charge is 0.870 e. The molecule has 2 nitrogen and oxygen atoms in total. The molecule has 0 unspecified atom stereocenters. The maximum Gasteiger partial charge on any atom is 0.0961 e. The number of quaternary nitrogens is 1. The average Bonchev–Trinajstić information content (AvgIpc) is 2.16. The van der Waals surface area contributed by atoms with Crippen LogP contribution < -0.4 is 0 Å². The first-order chi connectivity index (χ1) is 6.74. The maximum atomic E-state index is 2.32. The number of allylic oxidation sites excluding steroid dienone is 2. The Kier molecular flexibility index (Phi) is 11.1. The lowest BCUT2D eigenvalue weighted by Crippen LogP contribution is -2.38. The standard InChI is InChI=1S/C13H26N.H2O/c1-5-9-13-14(10-6-2,11-7-3)12-8-4;/h6-7,10-11H,5,8-9,12-13H2,1-4H3;1H2/q+1;/p-1. The van der Waals surface area contributed by atoms with Crippen LogP contribution in [0.3, 0.4) is 0 Å². The van der Waals surface area contributed by atoms with Crippen molar-refractivity contribution in [2.24, 2.45) is 0 Å². The molecule has 0 atom stereocenters. The van der Waals surface area contributed by atoms with Crippen LogP contribution in [0.15, 0.2) is 24.6 Å². The summed E-state index contributed by atoms with van der Waals surface area (Å²) in [5, 5.41) is 0. The molecule has 1 N–H and O–H groups in total. The first kappa shape index (κ1) is 16.8. The topological polar surface area (TPSA) is 30.0 Å². The summed E-state index contributed by atoms with van der Waals surface area (Å²) in [7, 11) is 0. The lowest BCUT2D eigenvalue weighted by molar-refractivity contribution is -0.828. The molecule has 0 rings (SSSR count). The molecule has 0 aliphatic heterocycles. The highest BCUT2D eigenvalue weighted by molar-refractivity contribution is 4.77. The molecular formula is C13H27NO. The molecule has 0 fully saturated rings. The van der Waals surface area contributed by atoms with Crippen molar-refractivity contribution < 1.29 is 9.96 Å². The number of rotatable bonds is 7. The van der Waals surface area contributed by atoms with E-state index < -0.39 is 0 Å². The Bertz CT molecular complexity index is 173. The molecule has 0 radical (unpaired) electrons. The van der Waals surface area contributed by atoms with Crippen LogP contribution in [-0.4, -0.2) is 23.0 Å². The highest BCUT2D eigenvalue weighted by Crippen LogP contribution is 2.14. The molecule has 0 aliphatic carbocycles. The molecule has 90 valence electrons. The smallest absolute Gasteiger partial charge is 0.0961 e. The zero-order chi connectivity index (χ0) is 10.9. The van der Waals surface area contributed by atoms with E-state index in [1.165, 1.54) is 32.4 Å². The quantitative estimate of drug-likeness (QED) is 0.590. The summed E-state index contributed by atoms with van der Waals surface area (Å²) >= 11 is 0. The van der Waals surface area contributed by atoms with Crippen molar-refractivity contribution in [2.45, 2.75) is 47.0 Å². The fourth-order valence-corrected chi connectivity index (χ4v) is 1.92. The second-order valence-corrected chi connectivity index (χ2v) is 3.87. The van der Waals surface area contributed by atoms with E-state index in [0.717, 1.165) is 4.48 Å². The average molecular weight is 213 g/mol. The molecule has 0 spiro atoms. The zero-order valence-corrected chi connectivity index (χ0v) is 10.7. The van der Waals surface area contributed by atoms with Gasteiger partial charge in [-0.3, -0.25) is 4.48 Å². The summed E-state index contributed by atoms with van der Waals surface area (Å²) in [6, 6.07) is 0. The summed E-state index contributed by atoms with van der Waals surface area (Å²) in [5.41, 5.74) is 0. The van der Waals surface area contributed by atoms with Crippen LogP contribution in [-0.2, 0) is 0 Å². The molecule has 0 heterocycles. The zero-order valence-electron chi connectivity index (χ0n) is 10.7. The minimum atomic E-state index is 0. The summed E-state index contributed by atoms with van der Waals surface area (Å²) in [4.78, 5) is 0. The van der Waals surface area contributed by atoms with Gasteiger partial charge in [-0.2, -0.15) is 0 Å². The van der Waals surface area contributed by atoms with Crippen molar-refractivity contribution in [1.29, 1.82) is 0 Å². The van der Waals surface area contributed by atoms with E-state index in [2.05, 4.69) is 52.2 Å². The van der Waals surface area contributed by atoms with Crippen LogP contribution in [0, 0.1) is 0 Å². The van der Waals surface area contributed by atoms with Gasteiger partial charge in [0.15, 0.2) is 0 Å². The van der Waals surface area contributed by atoms with Gasteiger partial charge < -0.3 is 5.48 Å². The predicted octanol–water partition coefficient (Wildman–Crippen LogP) is 3.90. The number of hydrogen-bond acceptors (Lipinski definition) is 1. The molecule has 0 aromatic rings. The Balaban J connectivity index is 0. The minimum Gasteiger partial charge on any atom is -0.870 e. The van der Waals surface area contributed by atoms with Crippen molar-refractivity contribution in [3.8, 4) is 0 Å². The van der Waals surface area contributed by atoms with Gasteiger partial charge in [0.05, 0.1) is 25.5 Å². The third-order valence-electron chi connectivity index (χ3n) is 2.46. The van der Waals surface area contributed by atoms with Crippen molar-refractivity contribution >= 4 is 0 Å². The summed E-state index contributed by atoms with van der Waals surface area (Å²) in [6.45, 7) is 11.2. The van der Waals surface area contributed by atoms with Gasteiger partial charge in [0.2, 0.25) is 0 Å². The second-order valence-electron chi connectivity index (χ2n) is 3.87. The molecule has 2 heteroatoms. The predicted molar refractivity (Wildman–Crippen MR) is 66.8 cm³/mol. The molecule has 15 heavy (non-hydrogen) atoms. The van der Waals surface area contributed by atoms with E-state index in [1.807, 2.05) is 0 Å². The monoisotopic (exact) mass is 213 g/mol. The van der Waals surface area contributed by atoms with E-state index in [9.17, 15) is 0 Å². The second kappa shape index (κ2) is 9.94. The van der Waals surface area contributed by atoms with Crippen LogP contribution in [0.25, 0.3) is 0 Å². The van der Waals surface area contributed by atoms with Crippen LogP contribution in [0.5, 0.6) is 0 Å². The van der Waals surface area contributed by atoms with Crippen LogP contribution in [0.1, 0.15) is 47.0 Å². The molecule has 0 aromatic heterocycles. The number of hydrogen-bond donors (Lipinski definition) is 0. The number of nitrogens with zero attached hydrogens (tertiary/aromatic N) is 1. The van der Waals surface area contributed by atoms with Crippen molar-refractivity contribution in [3.63, 3.8) is 0 Å². The molecule has 0 bridgehead atoms. The van der Waals surface area contributed by atoms with Crippen LogP contribution in [0.2, 0.25) is 0 Å². The minimum absolute atomic E-state index is 0. The molecule has 0 aromatic carbocycles. The highest BCUT2D eigenvalue weighted by Gasteiger charge is 2.18. The van der Waals surface area contributed by atoms with Gasteiger partial charge in [-0.1, -0.05) is 20.3 Å². The summed E-state index contributed by atoms with van der Waals surface area (Å²) < 4.78 is 1.03. The van der Waals surface area contributed by atoms with Gasteiger partial charge in [-0.05, 0) is 38.8 Å². The van der Waals surface area contributed by atoms with Crippen molar-refractivity contribution in [3.05, 3.63) is 24.6 Å². The van der Waals surface area contributed by atoms with Gasteiger partial charge in [-0.15, -0.1) is 0 Å². The Hall–Kier alpha value is -0.600. The van der Waals surface area contributed by atoms with E-state index >= 15 is 0 Å². The Morgan fingerprint density at radius 1 is 0.867 bits per heavy atom. The van der Waals surface area contributed by atoms with E-state index in [0.29, 0.717) is 0 Å². The molecular weight excluding hydrogens is 186 g/mol. The Labute approximate surface area is 95.2 Å². The lowest BCUT2D eigenvalue weighted by atomic mass is 10.2. The van der Waals surface area contributed by atoms with Gasteiger partial charge in [0, 0.05) is 0 Å². The summed E-state index contributed by atoms with van der Waals surface area (Å²) in [5.74, 6) is 0. The normalized spacial score (nSPS) is 15.5. The van der Waals surface area contributed by atoms with Gasteiger partial charge in [-0.25, -0.2) is 0 Å². The Morgan fingerprint density at radius 2 is 1.40 bits per heavy atom. The van der Waals surface area contributed by atoms with Gasteiger partial charge in [0.1, 0.15) is 0 Å². The van der Waals surface area contributed by atoms with E-state index in [-0.39, 0.29) is 5.48 Å². The van der Waals surface area contributed by atoms with Crippen LogP contribution in [0.4, 0.5) is 0 Å². The van der Waals surface area contributed by atoms with Gasteiger partial charge in [0.25, 0.3) is 0 Å². The molecule has 0 aliphatic rings. The Morgan fingerprint density at radius 3 is 1.73 bits per heavy atom. The number of unbranched alkanes of at least 4 members (excludes halogenated alkanes) is 1. The SMILES string of the molecule is CC=C[N+](C=CC)(CCC)CCCC.[OH-]. The molecule has 0 saturated heterocycles. The fraction of sp³-hybridized carbons (Fsp3) is 0.692. The lowest BCUT2D eigenvalue weighted by Gasteiger charge is -2.30. The van der Waals surface area contributed by atoms with E-state index in [1.54, 1.807) is 0 Å².